The predicted molar refractivity (Wildman–Crippen MR) is 87.3 cm³/mol. The van der Waals surface area contributed by atoms with E-state index in [1.807, 2.05) is 13.8 Å². The molecule has 6 heteroatoms. The highest BCUT2D eigenvalue weighted by atomic mass is 19.1. The van der Waals surface area contributed by atoms with Gasteiger partial charge >= 0.3 is 0 Å². The molecule has 1 N–H and O–H groups in total. The van der Waals surface area contributed by atoms with Gasteiger partial charge in [-0.1, -0.05) is 0 Å². The molecule has 2 aromatic rings. The molecule has 23 heavy (non-hydrogen) atoms. The van der Waals surface area contributed by atoms with Crippen LogP contribution in [0.25, 0.3) is 0 Å². The van der Waals surface area contributed by atoms with Crippen molar-refractivity contribution in [1.29, 1.82) is 0 Å². The van der Waals surface area contributed by atoms with E-state index in [9.17, 15) is 9.18 Å². The molecular formula is C17H19FN4O. The Kier molecular flexibility index (Phi) is 4.23. The third kappa shape index (κ3) is 3.31. The number of anilines is 2. The fourth-order valence-electron chi connectivity index (χ4n) is 2.73. The molecule has 120 valence electrons. The topological polar surface area (TPSA) is 58.1 Å². The maximum absolute atomic E-state index is 12.9. The van der Waals surface area contributed by atoms with Crippen LogP contribution in [0.3, 0.4) is 0 Å². The molecular weight excluding hydrogens is 295 g/mol. The minimum absolute atomic E-state index is 0.297. The van der Waals surface area contributed by atoms with Crippen LogP contribution in [0, 0.1) is 19.7 Å². The Bertz CT molecular complexity index is 701. The molecule has 2 heterocycles. The Morgan fingerprint density at radius 3 is 2.22 bits per heavy atom. The first kappa shape index (κ1) is 15.4. The summed E-state index contributed by atoms with van der Waals surface area (Å²) in [5.41, 5.74) is 2.47. The van der Waals surface area contributed by atoms with E-state index in [0.717, 1.165) is 43.3 Å². The van der Waals surface area contributed by atoms with E-state index in [0.29, 0.717) is 11.3 Å². The number of carbonyl (C=O) groups is 1. The molecule has 0 aliphatic carbocycles. The number of nitrogens with one attached hydrogen (secondary N) is 1. The number of hydrogen-bond acceptors (Lipinski definition) is 4. The van der Waals surface area contributed by atoms with E-state index in [1.54, 1.807) is 0 Å². The second-order valence-electron chi connectivity index (χ2n) is 5.72. The Balaban J connectivity index is 1.82. The molecule has 5 nitrogen and oxygen atoms in total. The highest BCUT2D eigenvalue weighted by Gasteiger charge is 2.18. The summed E-state index contributed by atoms with van der Waals surface area (Å²) in [7, 11) is 0. The lowest BCUT2D eigenvalue weighted by Crippen LogP contribution is -2.22. The molecule has 0 radical (unpaired) electrons. The summed E-state index contributed by atoms with van der Waals surface area (Å²) in [6.07, 6.45) is 2.31. The van der Waals surface area contributed by atoms with Gasteiger partial charge in [0.1, 0.15) is 5.82 Å². The molecule has 0 atom stereocenters. The molecule has 0 unspecified atom stereocenters. The highest BCUT2D eigenvalue weighted by molar-refractivity contribution is 6.04. The molecule has 0 spiro atoms. The molecule has 1 saturated heterocycles. The average molecular weight is 314 g/mol. The Labute approximate surface area is 134 Å². The monoisotopic (exact) mass is 314 g/mol. The van der Waals surface area contributed by atoms with Crippen molar-refractivity contribution in [3.05, 3.63) is 47.0 Å². The van der Waals surface area contributed by atoms with Crippen molar-refractivity contribution in [2.24, 2.45) is 0 Å². The lowest BCUT2D eigenvalue weighted by Gasteiger charge is -2.18. The van der Waals surface area contributed by atoms with Gasteiger partial charge in [0.25, 0.3) is 5.91 Å². The molecule has 1 amide bonds. The lowest BCUT2D eigenvalue weighted by molar-refractivity contribution is 0.102. The SMILES string of the molecule is Cc1nc(N2CCCC2)nc(C)c1NC(=O)c1ccc(F)cc1. The summed E-state index contributed by atoms with van der Waals surface area (Å²) in [6, 6.07) is 5.44. The van der Waals surface area contributed by atoms with Crippen molar-refractivity contribution in [2.75, 3.05) is 23.3 Å². The molecule has 0 saturated carbocycles. The van der Waals surface area contributed by atoms with Crippen molar-refractivity contribution in [3.8, 4) is 0 Å². The second kappa shape index (κ2) is 6.32. The van der Waals surface area contributed by atoms with Crippen LogP contribution in [0.4, 0.5) is 16.0 Å². The minimum atomic E-state index is -0.368. The zero-order chi connectivity index (χ0) is 16.4. The summed E-state index contributed by atoms with van der Waals surface area (Å²) in [4.78, 5) is 23.5. The number of aromatic nitrogens is 2. The molecule has 1 fully saturated rings. The van der Waals surface area contributed by atoms with Crippen LogP contribution in [-0.4, -0.2) is 29.0 Å². The molecule has 1 aliphatic heterocycles. The standard InChI is InChI=1S/C17H19FN4O/c1-11-15(21-16(23)13-5-7-14(18)8-6-13)12(2)20-17(19-11)22-9-3-4-10-22/h5-8H,3-4,9-10H2,1-2H3,(H,21,23). The van der Waals surface area contributed by atoms with Gasteiger partial charge in [-0.05, 0) is 51.0 Å². The maximum Gasteiger partial charge on any atom is 0.255 e. The normalized spacial score (nSPS) is 14.1. The Morgan fingerprint density at radius 1 is 1.09 bits per heavy atom. The van der Waals surface area contributed by atoms with Gasteiger partial charge in [0.2, 0.25) is 5.95 Å². The van der Waals surface area contributed by atoms with E-state index in [2.05, 4.69) is 20.2 Å². The van der Waals surface area contributed by atoms with Crippen LogP contribution in [-0.2, 0) is 0 Å². The van der Waals surface area contributed by atoms with Crippen molar-refractivity contribution >= 4 is 17.5 Å². The quantitative estimate of drug-likeness (QED) is 0.946. The van der Waals surface area contributed by atoms with E-state index < -0.39 is 0 Å². The number of nitrogens with zero attached hydrogens (tertiary/aromatic N) is 3. The summed E-state index contributed by atoms with van der Waals surface area (Å²) < 4.78 is 12.9. The average Bonchev–Trinajstić information content (AvgIpc) is 3.05. The van der Waals surface area contributed by atoms with Crippen LogP contribution in [0.5, 0.6) is 0 Å². The van der Waals surface area contributed by atoms with Gasteiger partial charge in [-0.15, -0.1) is 0 Å². The van der Waals surface area contributed by atoms with Gasteiger partial charge < -0.3 is 10.2 Å². The summed E-state index contributed by atoms with van der Waals surface area (Å²) in [5.74, 6) is 0.0539. The zero-order valence-corrected chi connectivity index (χ0v) is 13.3. The summed E-state index contributed by atoms with van der Waals surface area (Å²) in [6.45, 7) is 5.66. The van der Waals surface area contributed by atoms with Gasteiger partial charge in [0.05, 0.1) is 17.1 Å². The third-order valence-corrected chi connectivity index (χ3v) is 3.99. The lowest BCUT2D eigenvalue weighted by atomic mass is 10.2. The Morgan fingerprint density at radius 2 is 1.65 bits per heavy atom. The van der Waals surface area contributed by atoms with E-state index in [1.165, 1.54) is 24.3 Å². The molecule has 1 aromatic carbocycles. The number of carbonyl (C=O) groups excluding carboxylic acids is 1. The second-order valence-corrected chi connectivity index (χ2v) is 5.72. The van der Waals surface area contributed by atoms with Gasteiger partial charge in [0.15, 0.2) is 0 Å². The highest BCUT2D eigenvalue weighted by Crippen LogP contribution is 2.23. The molecule has 0 bridgehead atoms. The number of hydrogen-bond donors (Lipinski definition) is 1. The van der Waals surface area contributed by atoms with Crippen LogP contribution in [0.2, 0.25) is 0 Å². The first-order chi connectivity index (χ1) is 11.0. The largest absolute Gasteiger partial charge is 0.341 e. The van der Waals surface area contributed by atoms with Gasteiger partial charge in [0, 0.05) is 18.7 Å². The van der Waals surface area contributed by atoms with Gasteiger partial charge in [-0.3, -0.25) is 4.79 Å². The zero-order valence-electron chi connectivity index (χ0n) is 13.3. The first-order valence-electron chi connectivity index (χ1n) is 7.71. The Hall–Kier alpha value is -2.50. The summed E-state index contributed by atoms with van der Waals surface area (Å²) >= 11 is 0. The summed E-state index contributed by atoms with van der Waals surface area (Å²) in [5, 5.41) is 2.83. The van der Waals surface area contributed by atoms with E-state index >= 15 is 0 Å². The number of halogens is 1. The number of benzene rings is 1. The molecule has 1 aromatic heterocycles. The van der Waals surface area contributed by atoms with Crippen molar-refractivity contribution in [3.63, 3.8) is 0 Å². The molecule has 3 rings (SSSR count). The smallest absolute Gasteiger partial charge is 0.255 e. The van der Waals surface area contributed by atoms with Crippen molar-refractivity contribution in [1.82, 2.24) is 9.97 Å². The third-order valence-electron chi connectivity index (χ3n) is 3.99. The van der Waals surface area contributed by atoms with Gasteiger partial charge in [-0.2, -0.15) is 0 Å². The number of aryl methyl sites for hydroxylation is 2. The van der Waals surface area contributed by atoms with Crippen LogP contribution in [0.1, 0.15) is 34.6 Å². The maximum atomic E-state index is 12.9. The number of rotatable bonds is 3. The van der Waals surface area contributed by atoms with Crippen molar-refractivity contribution in [2.45, 2.75) is 26.7 Å². The molecule has 1 aliphatic rings. The fraction of sp³-hybridized carbons (Fsp3) is 0.353. The van der Waals surface area contributed by atoms with Gasteiger partial charge in [-0.25, -0.2) is 14.4 Å². The fourth-order valence-corrected chi connectivity index (χ4v) is 2.73. The van der Waals surface area contributed by atoms with Crippen molar-refractivity contribution < 1.29 is 9.18 Å². The predicted octanol–water partition coefficient (Wildman–Crippen LogP) is 3.09. The van der Waals surface area contributed by atoms with E-state index in [4.69, 9.17) is 0 Å². The van der Waals surface area contributed by atoms with Crippen LogP contribution >= 0.6 is 0 Å². The van der Waals surface area contributed by atoms with Crippen LogP contribution < -0.4 is 10.2 Å². The van der Waals surface area contributed by atoms with E-state index in [-0.39, 0.29) is 11.7 Å². The minimum Gasteiger partial charge on any atom is -0.341 e. The first-order valence-corrected chi connectivity index (χ1v) is 7.71. The number of amides is 1. The van der Waals surface area contributed by atoms with Crippen LogP contribution in [0.15, 0.2) is 24.3 Å².